The number of hydrogen-bond acceptors (Lipinski definition) is 5. The molecular weight excluding hydrogens is 544 g/mol. The highest BCUT2D eigenvalue weighted by Gasteiger charge is 2.27. The van der Waals surface area contributed by atoms with E-state index in [0.29, 0.717) is 22.2 Å². The van der Waals surface area contributed by atoms with Crippen molar-refractivity contribution < 1.29 is 22.7 Å². The zero-order valence-electron chi connectivity index (χ0n) is 18.8. The Labute approximate surface area is 212 Å². The lowest BCUT2D eigenvalue weighted by atomic mass is 10.1. The summed E-state index contributed by atoms with van der Waals surface area (Å²) in [7, 11) is -1.08. The van der Waals surface area contributed by atoms with Crippen LogP contribution in [0.3, 0.4) is 0 Å². The van der Waals surface area contributed by atoms with Crippen LogP contribution in [0, 0.1) is 6.92 Å². The van der Waals surface area contributed by atoms with Gasteiger partial charge in [-0.3, -0.25) is 4.79 Å². The summed E-state index contributed by atoms with van der Waals surface area (Å²) in [5.41, 5.74) is 2.11. The van der Waals surface area contributed by atoms with E-state index in [1.54, 1.807) is 12.1 Å². The number of hydrogen-bond donors (Lipinski definition) is 1. The Morgan fingerprint density at radius 2 is 1.62 bits per heavy atom. The molecule has 0 aliphatic heterocycles. The van der Waals surface area contributed by atoms with Crippen LogP contribution in [0.1, 0.15) is 11.1 Å². The smallest absolute Gasteiger partial charge is 0.243 e. The first-order chi connectivity index (χ1) is 16.1. The first kappa shape index (κ1) is 26.0. The minimum atomic E-state index is -3.97. The van der Waals surface area contributed by atoms with Crippen molar-refractivity contribution in [3.8, 4) is 11.5 Å². The summed E-state index contributed by atoms with van der Waals surface area (Å²) >= 11 is 9.45. The van der Waals surface area contributed by atoms with Gasteiger partial charge in [-0.15, -0.1) is 0 Å². The molecule has 0 aliphatic carbocycles. The molecule has 10 heteroatoms. The summed E-state index contributed by atoms with van der Waals surface area (Å²) < 4.78 is 39.3. The van der Waals surface area contributed by atoms with Crippen LogP contribution in [0.4, 0.5) is 5.69 Å². The van der Waals surface area contributed by atoms with Gasteiger partial charge in [-0.25, -0.2) is 8.42 Å². The molecule has 7 nitrogen and oxygen atoms in total. The van der Waals surface area contributed by atoms with E-state index in [-0.39, 0.29) is 11.4 Å². The van der Waals surface area contributed by atoms with Crippen LogP contribution in [0.5, 0.6) is 11.5 Å². The summed E-state index contributed by atoms with van der Waals surface area (Å²) in [6.45, 7) is 1.55. The molecule has 0 aliphatic rings. The minimum Gasteiger partial charge on any atom is -0.495 e. The number of methoxy groups -OCH3 is 2. The number of benzene rings is 3. The summed E-state index contributed by atoms with van der Waals surface area (Å²) in [5, 5.41) is 3.02. The van der Waals surface area contributed by atoms with Gasteiger partial charge in [0.25, 0.3) is 0 Å². The van der Waals surface area contributed by atoms with Crippen LogP contribution in [0.2, 0.25) is 5.02 Å². The van der Waals surface area contributed by atoms with Gasteiger partial charge in [0, 0.05) is 23.2 Å². The number of nitrogens with one attached hydrogen (secondary N) is 1. The van der Waals surface area contributed by atoms with Gasteiger partial charge < -0.3 is 14.8 Å². The molecule has 0 spiro atoms. The van der Waals surface area contributed by atoms with Gasteiger partial charge in [-0.2, -0.15) is 4.31 Å². The van der Waals surface area contributed by atoms with E-state index in [4.69, 9.17) is 21.1 Å². The molecule has 0 atom stereocenters. The van der Waals surface area contributed by atoms with Crippen LogP contribution in [-0.2, 0) is 21.4 Å². The molecular formula is C24H24BrClN2O5S. The Morgan fingerprint density at radius 1 is 1.00 bits per heavy atom. The third-order valence-corrected chi connectivity index (χ3v) is 7.63. The number of carbonyl (C=O) groups is 1. The molecule has 0 unspecified atom stereocenters. The Kier molecular flexibility index (Phi) is 8.59. The molecule has 1 N–H and O–H groups in total. The summed E-state index contributed by atoms with van der Waals surface area (Å²) in [6.07, 6.45) is 0. The normalized spacial score (nSPS) is 11.4. The van der Waals surface area contributed by atoms with E-state index in [1.807, 2.05) is 31.2 Å². The minimum absolute atomic E-state index is 0.0210. The highest BCUT2D eigenvalue weighted by molar-refractivity contribution is 9.10. The second kappa shape index (κ2) is 11.2. The van der Waals surface area contributed by atoms with Gasteiger partial charge in [0.2, 0.25) is 15.9 Å². The number of sulfonamides is 1. The highest BCUT2D eigenvalue weighted by Crippen LogP contribution is 2.36. The number of amides is 1. The monoisotopic (exact) mass is 566 g/mol. The van der Waals surface area contributed by atoms with E-state index in [0.717, 1.165) is 19.9 Å². The second-order valence-corrected chi connectivity index (χ2v) is 10.7. The Bertz CT molecular complexity index is 1270. The largest absolute Gasteiger partial charge is 0.495 e. The molecule has 0 bridgehead atoms. The van der Waals surface area contributed by atoms with Crippen LogP contribution in [-0.4, -0.2) is 39.4 Å². The van der Waals surface area contributed by atoms with E-state index in [2.05, 4.69) is 21.2 Å². The topological polar surface area (TPSA) is 84.9 Å². The average molecular weight is 568 g/mol. The third-order valence-electron chi connectivity index (χ3n) is 5.00. The van der Waals surface area contributed by atoms with Crippen molar-refractivity contribution in [2.75, 3.05) is 26.1 Å². The summed E-state index contributed by atoms with van der Waals surface area (Å²) in [4.78, 5) is 13.1. The van der Waals surface area contributed by atoms with Gasteiger partial charge in [0.05, 0.1) is 36.4 Å². The number of rotatable bonds is 9. The first-order valence-corrected chi connectivity index (χ1v) is 12.8. The van der Waals surface area contributed by atoms with Crippen molar-refractivity contribution in [1.82, 2.24) is 4.31 Å². The fourth-order valence-corrected chi connectivity index (χ4v) is 5.07. The molecule has 0 aromatic heterocycles. The number of anilines is 1. The van der Waals surface area contributed by atoms with Gasteiger partial charge in [-0.05, 0) is 36.8 Å². The number of ether oxygens (including phenoxy) is 2. The Morgan fingerprint density at radius 3 is 2.21 bits per heavy atom. The van der Waals surface area contributed by atoms with E-state index in [1.165, 1.54) is 38.5 Å². The molecule has 0 saturated heterocycles. The summed E-state index contributed by atoms with van der Waals surface area (Å²) in [5.74, 6) is 0.118. The van der Waals surface area contributed by atoms with Crippen molar-refractivity contribution in [3.63, 3.8) is 0 Å². The van der Waals surface area contributed by atoms with Crippen molar-refractivity contribution in [2.24, 2.45) is 0 Å². The van der Waals surface area contributed by atoms with Crippen LogP contribution >= 0.6 is 27.5 Å². The summed E-state index contributed by atoms with van der Waals surface area (Å²) in [6, 6.07) is 16.8. The van der Waals surface area contributed by atoms with Gasteiger partial charge in [0.15, 0.2) is 0 Å². The molecule has 34 heavy (non-hydrogen) atoms. The lowest BCUT2D eigenvalue weighted by molar-refractivity contribution is -0.116. The maximum Gasteiger partial charge on any atom is 0.243 e. The molecule has 0 fully saturated rings. The maximum atomic E-state index is 13.4. The first-order valence-electron chi connectivity index (χ1n) is 10.2. The molecule has 1 amide bonds. The van der Waals surface area contributed by atoms with E-state index in [9.17, 15) is 13.2 Å². The molecule has 0 radical (unpaired) electrons. The fourth-order valence-electron chi connectivity index (χ4n) is 3.19. The van der Waals surface area contributed by atoms with Gasteiger partial charge in [0.1, 0.15) is 11.5 Å². The second-order valence-electron chi connectivity index (χ2n) is 7.45. The Hall–Kier alpha value is -2.59. The zero-order chi connectivity index (χ0) is 24.9. The molecule has 0 saturated carbocycles. The molecule has 3 rings (SSSR count). The van der Waals surface area contributed by atoms with E-state index < -0.39 is 22.5 Å². The number of carbonyl (C=O) groups excluding carboxylic acids is 1. The molecule has 180 valence electrons. The predicted octanol–water partition coefficient (Wildman–Crippen LogP) is 5.26. The van der Waals surface area contributed by atoms with E-state index >= 15 is 0 Å². The standard InChI is InChI=1S/C24H24BrClN2O5S/c1-16-4-6-17(7-5-16)14-28(34(30,31)19-10-8-18(25)9-11-19)15-24(29)27-21-13-22(32-2)20(26)12-23(21)33-3/h4-13H,14-15H2,1-3H3,(H,27,29). The lowest BCUT2D eigenvalue weighted by Gasteiger charge is -2.22. The van der Waals surface area contributed by atoms with Crippen LogP contribution in [0.25, 0.3) is 0 Å². The highest BCUT2D eigenvalue weighted by atomic mass is 79.9. The van der Waals surface area contributed by atoms with Crippen molar-refractivity contribution in [1.29, 1.82) is 0 Å². The Balaban J connectivity index is 1.91. The zero-order valence-corrected chi connectivity index (χ0v) is 22.0. The number of halogens is 2. The number of aryl methyl sites for hydroxylation is 1. The molecule has 0 heterocycles. The van der Waals surface area contributed by atoms with Crippen molar-refractivity contribution in [2.45, 2.75) is 18.4 Å². The molecule has 3 aromatic rings. The average Bonchev–Trinajstić information content (AvgIpc) is 2.81. The molecule has 3 aromatic carbocycles. The van der Waals surface area contributed by atoms with Crippen LogP contribution in [0.15, 0.2) is 70.0 Å². The van der Waals surface area contributed by atoms with Crippen molar-refractivity contribution >= 4 is 49.1 Å². The maximum absolute atomic E-state index is 13.4. The van der Waals surface area contributed by atoms with Gasteiger partial charge >= 0.3 is 0 Å². The van der Waals surface area contributed by atoms with Crippen molar-refractivity contribution in [3.05, 3.63) is 81.3 Å². The number of nitrogens with zero attached hydrogens (tertiary/aromatic N) is 1. The SMILES string of the molecule is COc1cc(NC(=O)CN(Cc2ccc(C)cc2)S(=O)(=O)c2ccc(Br)cc2)c(OC)cc1Cl. The quantitative estimate of drug-likeness (QED) is 0.381. The van der Waals surface area contributed by atoms with Gasteiger partial charge in [-0.1, -0.05) is 57.4 Å². The third kappa shape index (κ3) is 6.29. The predicted molar refractivity (Wildman–Crippen MR) is 136 cm³/mol. The fraction of sp³-hybridized carbons (Fsp3) is 0.208. The van der Waals surface area contributed by atoms with Crippen LogP contribution < -0.4 is 14.8 Å². The lowest BCUT2D eigenvalue weighted by Crippen LogP contribution is -2.37.